The lowest BCUT2D eigenvalue weighted by Crippen LogP contribution is -2.11. The van der Waals surface area contributed by atoms with E-state index in [0.717, 1.165) is 24.1 Å². The van der Waals surface area contributed by atoms with Crippen LogP contribution in [-0.4, -0.2) is 11.8 Å². The van der Waals surface area contributed by atoms with Crippen molar-refractivity contribution in [2.75, 3.05) is 11.2 Å². The first-order valence-corrected chi connectivity index (χ1v) is 7.25. The molecule has 0 aromatic heterocycles. The van der Waals surface area contributed by atoms with Crippen LogP contribution in [0.1, 0.15) is 27.9 Å². The molecule has 1 amide bonds. The molecule has 2 aromatic carbocycles. The van der Waals surface area contributed by atoms with E-state index in [2.05, 4.69) is 5.32 Å². The zero-order valence-corrected chi connectivity index (χ0v) is 12.3. The van der Waals surface area contributed by atoms with E-state index in [1.165, 1.54) is 5.56 Å². The van der Waals surface area contributed by atoms with Crippen LogP contribution >= 0.6 is 11.6 Å². The summed E-state index contributed by atoms with van der Waals surface area (Å²) in [7, 11) is 0. The molecule has 0 saturated heterocycles. The Bertz CT molecular complexity index is 578. The number of anilines is 1. The van der Waals surface area contributed by atoms with Crippen molar-refractivity contribution in [2.45, 2.75) is 19.8 Å². The number of aryl methyl sites for hydroxylation is 2. The minimum Gasteiger partial charge on any atom is -0.322 e. The summed E-state index contributed by atoms with van der Waals surface area (Å²) in [6.07, 6.45) is 1.87. The molecule has 0 saturated carbocycles. The number of nitrogens with one attached hydrogen (secondary N) is 1. The van der Waals surface area contributed by atoms with Gasteiger partial charge in [-0.2, -0.15) is 0 Å². The van der Waals surface area contributed by atoms with Crippen LogP contribution in [0.4, 0.5) is 5.69 Å². The number of hydrogen-bond donors (Lipinski definition) is 1. The van der Waals surface area contributed by atoms with E-state index < -0.39 is 0 Å². The van der Waals surface area contributed by atoms with E-state index in [4.69, 9.17) is 11.6 Å². The summed E-state index contributed by atoms with van der Waals surface area (Å²) in [5, 5.41) is 2.92. The van der Waals surface area contributed by atoms with Gasteiger partial charge in [0.2, 0.25) is 0 Å². The summed E-state index contributed by atoms with van der Waals surface area (Å²) < 4.78 is 0. The largest absolute Gasteiger partial charge is 0.322 e. The van der Waals surface area contributed by atoms with Gasteiger partial charge in [0.15, 0.2) is 0 Å². The Morgan fingerprint density at radius 2 is 1.90 bits per heavy atom. The van der Waals surface area contributed by atoms with Gasteiger partial charge in [0, 0.05) is 17.1 Å². The van der Waals surface area contributed by atoms with Crippen molar-refractivity contribution < 1.29 is 4.79 Å². The van der Waals surface area contributed by atoms with Crippen LogP contribution in [0.25, 0.3) is 0 Å². The monoisotopic (exact) mass is 287 g/mol. The molecule has 20 heavy (non-hydrogen) atoms. The molecule has 0 spiro atoms. The zero-order chi connectivity index (χ0) is 14.4. The van der Waals surface area contributed by atoms with Crippen molar-refractivity contribution in [3.8, 4) is 0 Å². The molecule has 0 bridgehead atoms. The number of alkyl halides is 1. The van der Waals surface area contributed by atoms with Gasteiger partial charge in [-0.15, -0.1) is 11.6 Å². The molecule has 0 aliphatic heterocycles. The van der Waals surface area contributed by atoms with E-state index in [1.54, 1.807) is 0 Å². The molecule has 0 radical (unpaired) electrons. The summed E-state index contributed by atoms with van der Waals surface area (Å²) in [5.74, 6) is 0.569. The molecule has 1 N–H and O–H groups in total. The molecule has 0 heterocycles. The zero-order valence-electron chi connectivity index (χ0n) is 11.5. The molecule has 0 aliphatic carbocycles. The van der Waals surface area contributed by atoms with Crippen molar-refractivity contribution in [1.82, 2.24) is 0 Å². The van der Waals surface area contributed by atoms with E-state index in [-0.39, 0.29) is 5.91 Å². The van der Waals surface area contributed by atoms with Gasteiger partial charge >= 0.3 is 0 Å². The molecule has 0 atom stereocenters. The molecule has 0 unspecified atom stereocenters. The summed E-state index contributed by atoms with van der Waals surface area (Å²) in [6.45, 7) is 2.00. The maximum atomic E-state index is 12.1. The smallest absolute Gasteiger partial charge is 0.255 e. The first-order valence-electron chi connectivity index (χ1n) is 6.72. The second kappa shape index (κ2) is 7.11. The number of carbonyl (C=O) groups excluding carboxylic acids is 1. The Kier molecular flexibility index (Phi) is 5.19. The molecule has 3 heteroatoms. The fraction of sp³-hybridized carbons (Fsp3) is 0.235. The Morgan fingerprint density at radius 3 is 2.60 bits per heavy atom. The van der Waals surface area contributed by atoms with Gasteiger partial charge in [0.1, 0.15) is 0 Å². The second-order valence-electron chi connectivity index (χ2n) is 4.81. The van der Waals surface area contributed by atoms with Gasteiger partial charge < -0.3 is 5.32 Å². The van der Waals surface area contributed by atoms with Gasteiger partial charge in [-0.25, -0.2) is 0 Å². The SMILES string of the molecule is Cc1ccc(C(=O)Nc2cccc(CCCCl)c2)cc1. The molecule has 2 aromatic rings. The van der Waals surface area contributed by atoms with Crippen molar-refractivity contribution in [2.24, 2.45) is 0 Å². The van der Waals surface area contributed by atoms with Gasteiger partial charge in [-0.3, -0.25) is 4.79 Å². The van der Waals surface area contributed by atoms with Crippen molar-refractivity contribution in [1.29, 1.82) is 0 Å². The maximum absolute atomic E-state index is 12.1. The fourth-order valence-electron chi connectivity index (χ4n) is 1.98. The maximum Gasteiger partial charge on any atom is 0.255 e. The van der Waals surface area contributed by atoms with E-state index in [1.807, 2.05) is 55.5 Å². The average molecular weight is 288 g/mol. The van der Waals surface area contributed by atoms with Crippen molar-refractivity contribution in [3.63, 3.8) is 0 Å². The summed E-state index contributed by atoms with van der Waals surface area (Å²) in [6, 6.07) is 15.4. The summed E-state index contributed by atoms with van der Waals surface area (Å²) in [4.78, 5) is 12.1. The standard InChI is InChI=1S/C17H18ClNO/c1-13-7-9-15(10-8-13)17(20)19-16-6-2-4-14(12-16)5-3-11-18/h2,4,6-10,12H,3,5,11H2,1H3,(H,19,20). The summed E-state index contributed by atoms with van der Waals surface area (Å²) >= 11 is 5.70. The highest BCUT2D eigenvalue weighted by Crippen LogP contribution is 2.14. The Morgan fingerprint density at radius 1 is 1.15 bits per heavy atom. The third-order valence-corrected chi connectivity index (χ3v) is 3.36. The molecule has 0 aliphatic rings. The predicted octanol–water partition coefficient (Wildman–Crippen LogP) is 4.42. The minimum absolute atomic E-state index is 0.0838. The Labute approximate surface area is 124 Å². The van der Waals surface area contributed by atoms with Gasteiger partial charge in [-0.05, 0) is 49.6 Å². The number of amides is 1. The lowest BCUT2D eigenvalue weighted by Gasteiger charge is -2.07. The molecule has 2 rings (SSSR count). The van der Waals surface area contributed by atoms with Crippen LogP contribution in [0.5, 0.6) is 0 Å². The van der Waals surface area contributed by atoms with Gasteiger partial charge in [0.25, 0.3) is 5.91 Å². The van der Waals surface area contributed by atoms with Crippen LogP contribution in [0.3, 0.4) is 0 Å². The third kappa shape index (κ3) is 4.10. The van der Waals surface area contributed by atoms with Crippen LogP contribution in [0.15, 0.2) is 48.5 Å². The van der Waals surface area contributed by atoms with E-state index >= 15 is 0 Å². The van der Waals surface area contributed by atoms with Crippen LogP contribution in [0, 0.1) is 6.92 Å². The molecular formula is C17H18ClNO. The fourth-order valence-corrected chi connectivity index (χ4v) is 2.12. The number of rotatable bonds is 5. The molecule has 2 nitrogen and oxygen atoms in total. The number of benzene rings is 2. The number of halogens is 1. The van der Waals surface area contributed by atoms with Crippen LogP contribution in [0.2, 0.25) is 0 Å². The van der Waals surface area contributed by atoms with Crippen molar-refractivity contribution >= 4 is 23.2 Å². The lowest BCUT2D eigenvalue weighted by atomic mass is 10.1. The summed E-state index contributed by atoms with van der Waals surface area (Å²) in [5.41, 5.74) is 3.82. The van der Waals surface area contributed by atoms with E-state index in [9.17, 15) is 4.79 Å². The molecule has 0 fully saturated rings. The highest BCUT2D eigenvalue weighted by atomic mass is 35.5. The highest BCUT2D eigenvalue weighted by Gasteiger charge is 2.05. The topological polar surface area (TPSA) is 29.1 Å². The third-order valence-electron chi connectivity index (χ3n) is 3.10. The average Bonchev–Trinajstić information content (AvgIpc) is 2.46. The van der Waals surface area contributed by atoms with Crippen LogP contribution < -0.4 is 5.32 Å². The minimum atomic E-state index is -0.0838. The predicted molar refractivity (Wildman–Crippen MR) is 84.6 cm³/mol. The van der Waals surface area contributed by atoms with Gasteiger partial charge in [0.05, 0.1) is 0 Å². The first kappa shape index (κ1) is 14.6. The van der Waals surface area contributed by atoms with Crippen molar-refractivity contribution in [3.05, 3.63) is 65.2 Å². The van der Waals surface area contributed by atoms with E-state index in [0.29, 0.717) is 11.4 Å². The first-order chi connectivity index (χ1) is 9.69. The molecule has 104 valence electrons. The van der Waals surface area contributed by atoms with Crippen LogP contribution in [-0.2, 0) is 6.42 Å². The number of hydrogen-bond acceptors (Lipinski definition) is 1. The Balaban J connectivity index is 2.05. The number of carbonyl (C=O) groups is 1. The highest BCUT2D eigenvalue weighted by molar-refractivity contribution is 6.17. The second-order valence-corrected chi connectivity index (χ2v) is 5.19. The van der Waals surface area contributed by atoms with Gasteiger partial charge in [-0.1, -0.05) is 29.8 Å². The molecular weight excluding hydrogens is 270 g/mol. The Hall–Kier alpha value is -1.80. The lowest BCUT2D eigenvalue weighted by molar-refractivity contribution is 0.102. The quantitative estimate of drug-likeness (QED) is 0.811. The normalized spacial score (nSPS) is 10.3.